The van der Waals surface area contributed by atoms with Crippen molar-refractivity contribution in [3.63, 3.8) is 0 Å². The Morgan fingerprint density at radius 3 is 1.93 bits per heavy atom. The summed E-state index contributed by atoms with van der Waals surface area (Å²) < 4.78 is 35.6. The van der Waals surface area contributed by atoms with E-state index in [2.05, 4.69) is 4.18 Å². The van der Waals surface area contributed by atoms with Gasteiger partial charge in [0.1, 0.15) is 5.75 Å². The maximum Gasteiger partial charge on any atom is 0.262 e. The van der Waals surface area contributed by atoms with Gasteiger partial charge in [-0.05, 0) is 31.9 Å². The summed E-state index contributed by atoms with van der Waals surface area (Å²) >= 11 is 0. The van der Waals surface area contributed by atoms with Crippen LogP contribution in [-0.4, -0.2) is 13.0 Å². The first kappa shape index (κ1) is 11.0. The highest BCUT2D eigenvalue weighted by Gasteiger charge is 2.07. The Labute approximate surface area is 83.5 Å². The van der Waals surface area contributed by atoms with E-state index in [-0.39, 0.29) is 5.75 Å². The Morgan fingerprint density at radius 1 is 1.14 bits per heavy atom. The average Bonchev–Trinajstić information content (AvgIpc) is 1.95. The van der Waals surface area contributed by atoms with E-state index in [4.69, 9.17) is 0 Å². The molecule has 0 radical (unpaired) electrons. The first-order valence-corrected chi connectivity index (χ1v) is 5.36. The minimum atomic E-state index is -4.69. The van der Waals surface area contributed by atoms with Gasteiger partial charge in [0.05, 0.1) is 0 Å². The summed E-state index contributed by atoms with van der Waals surface area (Å²) in [7, 11) is -4.69. The highest BCUT2D eigenvalue weighted by Crippen LogP contribution is 2.25. The molecule has 14 heavy (non-hydrogen) atoms. The summed E-state index contributed by atoms with van der Waals surface area (Å²) in [6, 6.07) is 3.51. The number of benzene rings is 1. The maximum atomic E-state index is 10.4. The normalized spacial score (nSPS) is 11.4. The minimum absolute atomic E-state index is 0.130. The van der Waals surface area contributed by atoms with E-state index in [1.807, 2.05) is 6.92 Å². The van der Waals surface area contributed by atoms with Crippen LogP contribution in [0.15, 0.2) is 12.1 Å². The summed E-state index contributed by atoms with van der Waals surface area (Å²) in [4.78, 5) is 0. The molecule has 0 N–H and O–H groups in total. The van der Waals surface area contributed by atoms with Gasteiger partial charge in [-0.3, -0.25) is 0 Å². The van der Waals surface area contributed by atoms with Crippen molar-refractivity contribution in [2.24, 2.45) is 0 Å². The fourth-order valence-electron chi connectivity index (χ4n) is 1.40. The molecule has 1 aromatic carbocycles. The average molecular weight is 215 g/mol. The van der Waals surface area contributed by atoms with Gasteiger partial charge < -0.3 is 8.74 Å². The lowest BCUT2D eigenvalue weighted by Crippen LogP contribution is -2.09. The van der Waals surface area contributed by atoms with Crippen LogP contribution in [0, 0.1) is 20.8 Å². The first-order chi connectivity index (χ1) is 6.29. The first-order valence-electron chi connectivity index (χ1n) is 4.03. The highest BCUT2D eigenvalue weighted by atomic mass is 32.3. The second-order valence-electron chi connectivity index (χ2n) is 3.22. The zero-order valence-electron chi connectivity index (χ0n) is 8.20. The van der Waals surface area contributed by atoms with Crippen molar-refractivity contribution in [1.29, 1.82) is 0 Å². The van der Waals surface area contributed by atoms with E-state index in [9.17, 15) is 13.0 Å². The van der Waals surface area contributed by atoms with Gasteiger partial charge in [0.2, 0.25) is 0 Å². The molecule has 0 aliphatic carbocycles. The number of hydrogen-bond acceptors (Lipinski definition) is 4. The van der Waals surface area contributed by atoms with Crippen molar-refractivity contribution >= 4 is 10.4 Å². The Kier molecular flexibility index (Phi) is 2.82. The van der Waals surface area contributed by atoms with Gasteiger partial charge in [-0.2, -0.15) is 0 Å². The molecule has 0 heterocycles. The predicted molar refractivity (Wildman–Crippen MR) is 51.0 cm³/mol. The lowest BCUT2D eigenvalue weighted by molar-refractivity contribution is 0.370. The molecule has 78 valence electrons. The Morgan fingerprint density at radius 2 is 1.57 bits per heavy atom. The lowest BCUT2D eigenvalue weighted by Gasteiger charge is -2.14. The van der Waals surface area contributed by atoms with Crippen LogP contribution in [0.25, 0.3) is 0 Å². The molecule has 0 aliphatic rings. The quantitative estimate of drug-likeness (QED) is 0.553. The third-order valence-electron chi connectivity index (χ3n) is 1.79. The topological polar surface area (TPSA) is 66.4 Å². The molecule has 0 fully saturated rings. The van der Waals surface area contributed by atoms with Crippen LogP contribution in [-0.2, 0) is 10.4 Å². The third-order valence-corrected chi connectivity index (χ3v) is 2.16. The standard InChI is InChI=1S/C9H12O4S/c1-6-4-7(2)9(8(3)5-6)13-14(10,11)12/h4-5H,1-3H3,(H,10,11,12)/p-1. The smallest absolute Gasteiger partial charge is 0.262 e. The van der Waals surface area contributed by atoms with Gasteiger partial charge in [0.25, 0.3) is 10.4 Å². The highest BCUT2D eigenvalue weighted by molar-refractivity contribution is 7.81. The Bertz CT molecular complexity index is 425. The summed E-state index contributed by atoms with van der Waals surface area (Å²) in [6.45, 7) is 5.27. The summed E-state index contributed by atoms with van der Waals surface area (Å²) in [6.07, 6.45) is 0. The molecule has 0 aliphatic heterocycles. The second kappa shape index (κ2) is 3.59. The molecule has 0 amide bonds. The van der Waals surface area contributed by atoms with Gasteiger partial charge >= 0.3 is 0 Å². The van der Waals surface area contributed by atoms with Crippen molar-refractivity contribution in [2.45, 2.75) is 20.8 Å². The van der Waals surface area contributed by atoms with Crippen LogP contribution >= 0.6 is 0 Å². The van der Waals surface area contributed by atoms with Crippen LogP contribution in [0.1, 0.15) is 16.7 Å². The lowest BCUT2D eigenvalue weighted by atomic mass is 10.1. The molecular weight excluding hydrogens is 204 g/mol. The van der Waals surface area contributed by atoms with E-state index in [1.54, 1.807) is 26.0 Å². The van der Waals surface area contributed by atoms with Crippen molar-refractivity contribution < 1.29 is 17.2 Å². The van der Waals surface area contributed by atoms with Crippen LogP contribution in [0.5, 0.6) is 5.75 Å². The summed E-state index contributed by atoms with van der Waals surface area (Å²) in [5.41, 5.74) is 2.28. The van der Waals surface area contributed by atoms with Crippen molar-refractivity contribution in [3.05, 3.63) is 28.8 Å². The number of aryl methyl sites for hydroxylation is 3. The Hall–Kier alpha value is -1.07. The second-order valence-corrected chi connectivity index (χ2v) is 4.20. The van der Waals surface area contributed by atoms with Gasteiger partial charge in [0, 0.05) is 0 Å². The van der Waals surface area contributed by atoms with Crippen molar-refractivity contribution in [2.75, 3.05) is 0 Å². The molecule has 0 saturated carbocycles. The molecular formula is C9H11O4S-. The molecule has 5 heteroatoms. The Balaban J connectivity index is 3.22. The fraction of sp³-hybridized carbons (Fsp3) is 0.333. The van der Waals surface area contributed by atoms with Crippen LogP contribution in [0.2, 0.25) is 0 Å². The van der Waals surface area contributed by atoms with Crippen LogP contribution < -0.4 is 4.18 Å². The maximum absolute atomic E-state index is 10.4. The van der Waals surface area contributed by atoms with Gasteiger partial charge in [-0.25, -0.2) is 8.42 Å². The predicted octanol–water partition coefficient (Wildman–Crippen LogP) is 1.45. The molecule has 1 rings (SSSR count). The summed E-state index contributed by atoms with van der Waals surface area (Å²) in [5, 5.41) is 0. The van der Waals surface area contributed by atoms with E-state index in [0.29, 0.717) is 11.1 Å². The summed E-state index contributed by atoms with van der Waals surface area (Å²) in [5.74, 6) is 0.130. The van der Waals surface area contributed by atoms with Gasteiger partial charge in [0.15, 0.2) is 0 Å². The molecule has 0 saturated heterocycles. The molecule has 0 bridgehead atoms. The monoisotopic (exact) mass is 215 g/mol. The van der Waals surface area contributed by atoms with Crippen LogP contribution in [0.3, 0.4) is 0 Å². The zero-order chi connectivity index (χ0) is 10.9. The van der Waals surface area contributed by atoms with E-state index in [0.717, 1.165) is 5.56 Å². The van der Waals surface area contributed by atoms with E-state index < -0.39 is 10.4 Å². The molecule has 1 aromatic rings. The zero-order valence-corrected chi connectivity index (χ0v) is 9.01. The fourth-order valence-corrected chi connectivity index (χ4v) is 1.87. The van der Waals surface area contributed by atoms with Gasteiger partial charge in [-0.1, -0.05) is 17.7 Å². The minimum Gasteiger partial charge on any atom is -0.716 e. The molecule has 0 atom stereocenters. The molecule has 4 nitrogen and oxygen atoms in total. The van der Waals surface area contributed by atoms with Crippen molar-refractivity contribution in [1.82, 2.24) is 0 Å². The van der Waals surface area contributed by atoms with E-state index in [1.165, 1.54) is 0 Å². The van der Waals surface area contributed by atoms with Gasteiger partial charge in [-0.15, -0.1) is 0 Å². The molecule has 0 unspecified atom stereocenters. The van der Waals surface area contributed by atoms with E-state index >= 15 is 0 Å². The molecule has 0 aromatic heterocycles. The largest absolute Gasteiger partial charge is 0.716 e. The third kappa shape index (κ3) is 2.71. The molecule has 0 spiro atoms. The number of rotatable bonds is 2. The van der Waals surface area contributed by atoms with Crippen LogP contribution in [0.4, 0.5) is 0 Å². The number of hydrogen-bond donors (Lipinski definition) is 0. The van der Waals surface area contributed by atoms with Crippen molar-refractivity contribution in [3.8, 4) is 5.75 Å². The SMILES string of the molecule is Cc1cc(C)c(OS(=O)(=O)[O-])c(C)c1.